The van der Waals surface area contributed by atoms with E-state index in [1.807, 2.05) is 0 Å². The second kappa shape index (κ2) is 8.84. The minimum Gasteiger partial charge on any atom is -0.382 e. The molecule has 0 saturated carbocycles. The Balaban J connectivity index is 1.57. The molecule has 3 aromatic rings. The molecule has 2 heterocycles. The summed E-state index contributed by atoms with van der Waals surface area (Å²) in [5.74, 6) is -0.378. The normalized spacial score (nSPS) is 10.9. The lowest BCUT2D eigenvalue weighted by atomic mass is 10.1. The Hall–Kier alpha value is -3.93. The van der Waals surface area contributed by atoms with E-state index in [4.69, 9.17) is 5.73 Å². The van der Waals surface area contributed by atoms with Gasteiger partial charge in [0, 0.05) is 31.4 Å². The fourth-order valence-electron chi connectivity index (χ4n) is 2.78. The summed E-state index contributed by atoms with van der Waals surface area (Å²) in [5, 5.41) is 20.6. The first-order valence-corrected chi connectivity index (χ1v) is 8.96. The first-order valence-electron chi connectivity index (χ1n) is 8.96. The highest BCUT2D eigenvalue weighted by atomic mass is 19.1. The van der Waals surface area contributed by atoms with Crippen LogP contribution in [0.5, 0.6) is 0 Å². The van der Waals surface area contributed by atoms with Gasteiger partial charge < -0.3 is 11.1 Å². The molecule has 2 aromatic heterocycles. The summed E-state index contributed by atoms with van der Waals surface area (Å²) >= 11 is 0. The molecule has 1 amide bonds. The third-order valence-electron chi connectivity index (χ3n) is 4.22. The molecule has 0 radical (unpaired) electrons. The van der Waals surface area contributed by atoms with Crippen molar-refractivity contribution in [2.75, 3.05) is 12.3 Å². The van der Waals surface area contributed by atoms with Gasteiger partial charge in [0.25, 0.3) is 0 Å². The number of anilines is 1. The predicted molar refractivity (Wildman–Crippen MR) is 106 cm³/mol. The zero-order valence-corrected chi connectivity index (χ0v) is 15.8. The van der Waals surface area contributed by atoms with E-state index in [-0.39, 0.29) is 23.1 Å². The Morgan fingerprint density at radius 1 is 1.38 bits per heavy atom. The fourth-order valence-corrected chi connectivity index (χ4v) is 2.78. The first-order chi connectivity index (χ1) is 14.0. The number of halogens is 1. The molecule has 0 bridgehead atoms. The first kappa shape index (κ1) is 19.8. The average molecular weight is 393 g/mol. The number of nitriles is 1. The average Bonchev–Trinajstić information content (AvgIpc) is 3.27. The van der Waals surface area contributed by atoms with E-state index in [0.29, 0.717) is 30.8 Å². The third-order valence-corrected chi connectivity index (χ3v) is 4.22. The van der Waals surface area contributed by atoms with Crippen LogP contribution >= 0.6 is 0 Å². The number of amides is 1. The molecular weight excluding hydrogens is 373 g/mol. The highest BCUT2D eigenvalue weighted by molar-refractivity contribution is 5.91. The Labute approximate surface area is 167 Å². The van der Waals surface area contributed by atoms with Crippen LogP contribution in [0.25, 0.3) is 11.8 Å². The van der Waals surface area contributed by atoms with Crippen molar-refractivity contribution in [3.63, 3.8) is 0 Å². The van der Waals surface area contributed by atoms with E-state index in [9.17, 15) is 14.4 Å². The number of rotatable bonds is 7. The van der Waals surface area contributed by atoms with Crippen molar-refractivity contribution < 1.29 is 9.18 Å². The highest BCUT2D eigenvalue weighted by Crippen LogP contribution is 2.21. The molecule has 0 fully saturated rings. The number of nitrogens with one attached hydrogen (secondary N) is 1. The van der Waals surface area contributed by atoms with Crippen LogP contribution in [0.4, 0.5) is 10.2 Å². The zero-order valence-electron chi connectivity index (χ0n) is 15.8. The summed E-state index contributed by atoms with van der Waals surface area (Å²) < 4.78 is 16.2. The number of hydrogen-bond donors (Lipinski definition) is 2. The van der Waals surface area contributed by atoms with E-state index in [2.05, 4.69) is 21.6 Å². The maximum atomic E-state index is 13.1. The molecule has 148 valence electrons. The number of carbonyl (C=O) groups excluding carboxylic acids is 1. The molecule has 0 unspecified atom stereocenters. The van der Waals surface area contributed by atoms with Gasteiger partial charge in [-0.1, -0.05) is 0 Å². The van der Waals surface area contributed by atoms with Crippen LogP contribution in [-0.2, 0) is 18.3 Å². The smallest absolute Gasteiger partial charge is 0.244 e. The zero-order chi connectivity index (χ0) is 20.8. The lowest BCUT2D eigenvalue weighted by Crippen LogP contribution is -2.22. The highest BCUT2D eigenvalue weighted by Gasteiger charge is 2.16. The summed E-state index contributed by atoms with van der Waals surface area (Å²) in [5.41, 5.74) is 8.26. The van der Waals surface area contributed by atoms with Gasteiger partial charge in [-0.2, -0.15) is 15.5 Å². The second-order valence-electron chi connectivity index (χ2n) is 6.38. The Bertz CT molecular complexity index is 1070. The monoisotopic (exact) mass is 393 g/mol. The molecule has 0 aliphatic rings. The predicted octanol–water partition coefficient (Wildman–Crippen LogP) is 1.96. The maximum Gasteiger partial charge on any atom is 0.244 e. The number of nitrogen functional groups attached to an aromatic ring is 1. The van der Waals surface area contributed by atoms with Crippen molar-refractivity contribution >= 4 is 17.8 Å². The van der Waals surface area contributed by atoms with Gasteiger partial charge >= 0.3 is 0 Å². The topological polar surface area (TPSA) is 115 Å². The molecule has 3 rings (SSSR count). The van der Waals surface area contributed by atoms with Crippen LogP contribution in [0.15, 0.2) is 42.7 Å². The number of carbonyl (C=O) groups is 1. The molecule has 29 heavy (non-hydrogen) atoms. The van der Waals surface area contributed by atoms with Crippen molar-refractivity contribution in [3.8, 4) is 11.8 Å². The molecule has 0 atom stereocenters. The van der Waals surface area contributed by atoms with Gasteiger partial charge in [-0.05, 0) is 43.2 Å². The molecule has 0 spiro atoms. The molecule has 0 saturated heterocycles. The lowest BCUT2D eigenvalue weighted by molar-refractivity contribution is -0.116. The van der Waals surface area contributed by atoms with Crippen LogP contribution < -0.4 is 11.1 Å². The van der Waals surface area contributed by atoms with Gasteiger partial charge in [-0.25, -0.2) is 9.07 Å². The summed E-state index contributed by atoms with van der Waals surface area (Å²) in [6.07, 6.45) is 7.64. The summed E-state index contributed by atoms with van der Waals surface area (Å²) in [6, 6.07) is 7.75. The van der Waals surface area contributed by atoms with Gasteiger partial charge in [0.15, 0.2) is 0 Å². The fraction of sp³-hybridized carbons (Fsp3) is 0.200. The minimum atomic E-state index is -0.367. The summed E-state index contributed by atoms with van der Waals surface area (Å²) in [6.45, 7) is 0.421. The van der Waals surface area contributed by atoms with Crippen LogP contribution in [0.1, 0.15) is 23.2 Å². The third kappa shape index (κ3) is 4.87. The Kier molecular flexibility index (Phi) is 6.04. The Morgan fingerprint density at radius 3 is 2.79 bits per heavy atom. The van der Waals surface area contributed by atoms with E-state index in [1.165, 1.54) is 22.9 Å². The van der Waals surface area contributed by atoms with Gasteiger partial charge in [-0.3, -0.25) is 9.48 Å². The van der Waals surface area contributed by atoms with Crippen molar-refractivity contribution in [1.82, 2.24) is 24.9 Å². The molecule has 9 heteroatoms. The summed E-state index contributed by atoms with van der Waals surface area (Å²) in [4.78, 5) is 11.9. The van der Waals surface area contributed by atoms with E-state index in [0.717, 1.165) is 5.56 Å². The quantitative estimate of drug-likeness (QED) is 0.470. The second-order valence-corrected chi connectivity index (χ2v) is 6.38. The SMILES string of the molecule is Cn1cc(/C=C/C(=O)NCCCc2nn(-c3ccc(F)cc3)c(N)c2C#N)cn1. The number of nitrogens with zero attached hydrogens (tertiary/aromatic N) is 5. The molecule has 0 aliphatic heterocycles. The largest absolute Gasteiger partial charge is 0.382 e. The Morgan fingerprint density at radius 2 is 2.14 bits per heavy atom. The molecular formula is C20H20FN7O. The van der Waals surface area contributed by atoms with Gasteiger partial charge in [0.1, 0.15) is 23.3 Å². The van der Waals surface area contributed by atoms with Crippen LogP contribution in [0.2, 0.25) is 0 Å². The lowest BCUT2D eigenvalue weighted by Gasteiger charge is -2.03. The molecule has 8 nitrogen and oxygen atoms in total. The molecule has 3 N–H and O–H groups in total. The van der Waals surface area contributed by atoms with Crippen LogP contribution in [-0.4, -0.2) is 32.0 Å². The molecule has 0 aliphatic carbocycles. The van der Waals surface area contributed by atoms with Gasteiger partial charge in [0.2, 0.25) is 5.91 Å². The summed E-state index contributed by atoms with van der Waals surface area (Å²) in [7, 11) is 1.80. The number of hydrogen-bond acceptors (Lipinski definition) is 5. The van der Waals surface area contributed by atoms with Crippen molar-refractivity contribution in [3.05, 3.63) is 65.4 Å². The molecule has 1 aromatic carbocycles. The van der Waals surface area contributed by atoms with E-state index in [1.54, 1.807) is 42.3 Å². The number of aromatic nitrogens is 4. The van der Waals surface area contributed by atoms with E-state index >= 15 is 0 Å². The van der Waals surface area contributed by atoms with Crippen molar-refractivity contribution in [2.45, 2.75) is 12.8 Å². The number of aryl methyl sites for hydroxylation is 2. The standard InChI is InChI=1S/C20H20FN7O/c1-27-13-14(12-25-27)4-9-19(29)24-10-2-3-18-17(11-22)20(23)28(26-18)16-7-5-15(21)6-8-16/h4-9,12-13H,2-3,10,23H2,1H3,(H,24,29)/b9-4+. The van der Waals surface area contributed by atoms with E-state index < -0.39 is 0 Å². The minimum absolute atomic E-state index is 0.206. The van der Waals surface area contributed by atoms with Crippen molar-refractivity contribution in [2.24, 2.45) is 7.05 Å². The number of nitrogens with two attached hydrogens (primary N) is 1. The van der Waals surface area contributed by atoms with Gasteiger partial charge in [0.05, 0.1) is 17.6 Å². The van der Waals surface area contributed by atoms with Crippen molar-refractivity contribution in [1.29, 1.82) is 5.26 Å². The number of benzene rings is 1. The maximum absolute atomic E-state index is 13.1. The van der Waals surface area contributed by atoms with Gasteiger partial charge in [-0.15, -0.1) is 0 Å². The van der Waals surface area contributed by atoms with Crippen LogP contribution in [0.3, 0.4) is 0 Å². The van der Waals surface area contributed by atoms with Crippen LogP contribution in [0, 0.1) is 17.1 Å².